The number of nitriles is 1. The number of ether oxygens (including phenoxy) is 1. The summed E-state index contributed by atoms with van der Waals surface area (Å²) in [7, 11) is 0. The number of hydrogen-bond acceptors (Lipinski definition) is 4. The summed E-state index contributed by atoms with van der Waals surface area (Å²) in [5, 5.41) is 9.44. The van der Waals surface area contributed by atoms with Crippen molar-refractivity contribution < 1.29 is 4.74 Å². The third-order valence-corrected chi connectivity index (χ3v) is 8.65. The van der Waals surface area contributed by atoms with Gasteiger partial charge in [-0.15, -0.1) is 0 Å². The Labute approximate surface area is 244 Å². The first kappa shape index (κ1) is 23.0. The fraction of sp³-hybridized carbons (Fsp3) is 0. The van der Waals surface area contributed by atoms with Crippen molar-refractivity contribution in [2.24, 2.45) is 0 Å². The molecule has 3 aliphatic rings. The molecule has 0 saturated heterocycles. The van der Waals surface area contributed by atoms with Crippen LogP contribution in [0, 0.1) is 11.3 Å². The Morgan fingerprint density at radius 3 is 2.02 bits per heavy atom. The highest BCUT2D eigenvalue weighted by atomic mass is 16.5. The van der Waals surface area contributed by atoms with Crippen molar-refractivity contribution in [3.05, 3.63) is 139 Å². The van der Waals surface area contributed by atoms with Crippen LogP contribution < -0.4 is 30.9 Å². The maximum absolute atomic E-state index is 9.44. The molecule has 0 saturated carbocycles. The van der Waals surface area contributed by atoms with Crippen LogP contribution in [0.5, 0.6) is 11.5 Å². The van der Waals surface area contributed by atoms with Crippen molar-refractivity contribution in [3.63, 3.8) is 0 Å². The molecule has 0 aliphatic carbocycles. The molecule has 0 radical (unpaired) electrons. The lowest BCUT2D eigenvalue weighted by molar-refractivity contribution is 0.477. The van der Waals surface area contributed by atoms with Gasteiger partial charge >= 0.3 is 0 Å². The van der Waals surface area contributed by atoms with E-state index in [1.807, 2.05) is 36.4 Å². The lowest BCUT2D eigenvalue weighted by Gasteiger charge is -2.46. The first-order valence-electron chi connectivity index (χ1n) is 14.1. The molecular weight excluding hydrogens is 513 g/mol. The highest BCUT2D eigenvalue weighted by Gasteiger charge is 2.45. The van der Waals surface area contributed by atoms with Gasteiger partial charge < -0.3 is 14.5 Å². The molecule has 0 amide bonds. The van der Waals surface area contributed by atoms with E-state index in [0.29, 0.717) is 5.56 Å². The van der Waals surface area contributed by atoms with Gasteiger partial charge in [-0.05, 0) is 88.2 Å². The zero-order chi connectivity index (χ0) is 27.8. The van der Waals surface area contributed by atoms with Gasteiger partial charge in [-0.3, -0.25) is 0 Å². The molecule has 0 fully saturated rings. The third kappa shape index (κ3) is 3.12. The molecule has 0 spiro atoms. The number of benzene rings is 6. The Hall–Kier alpha value is -5.73. The molecule has 0 atom stereocenters. The SMILES string of the molecule is N#Cc1ccc(-c2cc3c4c(c2)N2c5ccccc5Oc5cccc(c52)B4c2ccccc2N3c2ccccc2)cc1. The second-order valence-electron chi connectivity index (χ2n) is 10.9. The predicted molar refractivity (Wildman–Crippen MR) is 171 cm³/mol. The summed E-state index contributed by atoms with van der Waals surface area (Å²) in [6.45, 7) is 0.0428. The van der Waals surface area contributed by atoms with Crippen LogP contribution in [0.25, 0.3) is 11.1 Å². The van der Waals surface area contributed by atoms with Crippen LogP contribution in [0.4, 0.5) is 34.1 Å². The van der Waals surface area contributed by atoms with Crippen LogP contribution in [0.15, 0.2) is 133 Å². The molecule has 0 N–H and O–H groups in total. The number of hydrogen-bond donors (Lipinski definition) is 0. The van der Waals surface area contributed by atoms with Gasteiger partial charge in [0.25, 0.3) is 6.71 Å². The van der Waals surface area contributed by atoms with Gasteiger partial charge in [-0.2, -0.15) is 5.26 Å². The molecular formula is C37H22BN3O. The Balaban J connectivity index is 1.42. The molecule has 6 aromatic rings. The van der Waals surface area contributed by atoms with E-state index >= 15 is 0 Å². The zero-order valence-corrected chi connectivity index (χ0v) is 22.5. The number of anilines is 6. The molecule has 3 heterocycles. The topological polar surface area (TPSA) is 39.5 Å². The molecule has 0 unspecified atom stereocenters. The predicted octanol–water partition coefficient (Wildman–Crippen LogP) is 7.41. The Morgan fingerprint density at radius 1 is 0.548 bits per heavy atom. The average Bonchev–Trinajstić information content (AvgIpc) is 3.06. The minimum absolute atomic E-state index is 0.0428. The van der Waals surface area contributed by atoms with E-state index in [4.69, 9.17) is 4.74 Å². The van der Waals surface area contributed by atoms with Gasteiger partial charge in [-0.25, -0.2) is 0 Å². The summed E-state index contributed by atoms with van der Waals surface area (Å²) in [4.78, 5) is 4.79. The highest BCUT2D eigenvalue weighted by Crippen LogP contribution is 2.53. The third-order valence-electron chi connectivity index (χ3n) is 8.65. The smallest absolute Gasteiger partial charge is 0.252 e. The highest BCUT2D eigenvalue weighted by molar-refractivity contribution is 7.00. The molecule has 0 bridgehead atoms. The van der Waals surface area contributed by atoms with Crippen molar-refractivity contribution in [3.8, 4) is 28.7 Å². The van der Waals surface area contributed by atoms with Gasteiger partial charge in [-0.1, -0.05) is 72.8 Å². The van der Waals surface area contributed by atoms with Crippen LogP contribution in [-0.2, 0) is 0 Å². The van der Waals surface area contributed by atoms with E-state index in [1.54, 1.807) is 0 Å². The summed E-state index contributed by atoms with van der Waals surface area (Å²) in [5.74, 6) is 1.71. The van der Waals surface area contributed by atoms with Crippen LogP contribution in [0.1, 0.15) is 5.56 Å². The van der Waals surface area contributed by atoms with E-state index in [0.717, 1.165) is 51.1 Å². The van der Waals surface area contributed by atoms with Gasteiger partial charge in [0.2, 0.25) is 0 Å². The fourth-order valence-corrected chi connectivity index (χ4v) is 6.90. The molecule has 4 nitrogen and oxygen atoms in total. The van der Waals surface area contributed by atoms with Gasteiger partial charge in [0.15, 0.2) is 11.5 Å². The summed E-state index contributed by atoms with van der Waals surface area (Å²) < 4.78 is 6.52. The fourth-order valence-electron chi connectivity index (χ4n) is 6.90. The van der Waals surface area contributed by atoms with E-state index in [2.05, 4.69) is 113 Å². The summed E-state index contributed by atoms with van der Waals surface area (Å²) >= 11 is 0. The average molecular weight is 535 g/mol. The van der Waals surface area contributed by atoms with Crippen LogP contribution in [0.3, 0.4) is 0 Å². The zero-order valence-electron chi connectivity index (χ0n) is 22.5. The van der Waals surface area contributed by atoms with E-state index < -0.39 is 0 Å². The lowest BCUT2D eigenvalue weighted by atomic mass is 9.33. The minimum Gasteiger partial charge on any atom is -0.453 e. The van der Waals surface area contributed by atoms with Gasteiger partial charge in [0.05, 0.1) is 23.0 Å². The number of rotatable bonds is 2. The molecule has 194 valence electrons. The maximum Gasteiger partial charge on any atom is 0.252 e. The lowest BCUT2D eigenvalue weighted by Crippen LogP contribution is -2.61. The quantitative estimate of drug-likeness (QED) is 0.216. The van der Waals surface area contributed by atoms with Crippen molar-refractivity contribution in [1.82, 2.24) is 0 Å². The Kier molecular flexibility index (Phi) is 4.73. The van der Waals surface area contributed by atoms with Gasteiger partial charge in [0, 0.05) is 22.7 Å². The van der Waals surface area contributed by atoms with E-state index in [9.17, 15) is 5.26 Å². The molecule has 9 rings (SSSR count). The Bertz CT molecular complexity index is 2100. The van der Waals surface area contributed by atoms with Crippen LogP contribution in [0.2, 0.25) is 0 Å². The molecule has 3 aliphatic heterocycles. The molecule has 42 heavy (non-hydrogen) atoms. The Morgan fingerprint density at radius 2 is 1.21 bits per heavy atom. The maximum atomic E-state index is 9.44. The number of para-hydroxylation sites is 5. The van der Waals surface area contributed by atoms with Gasteiger partial charge in [0.1, 0.15) is 0 Å². The molecule has 0 aromatic heterocycles. The van der Waals surface area contributed by atoms with Crippen molar-refractivity contribution in [2.75, 3.05) is 9.80 Å². The summed E-state index contributed by atoms with van der Waals surface area (Å²) in [6, 6.07) is 48.9. The summed E-state index contributed by atoms with van der Waals surface area (Å²) in [5.41, 5.74) is 13.3. The summed E-state index contributed by atoms with van der Waals surface area (Å²) in [6.07, 6.45) is 0. The minimum atomic E-state index is 0.0428. The largest absolute Gasteiger partial charge is 0.453 e. The van der Waals surface area contributed by atoms with Crippen molar-refractivity contribution in [1.29, 1.82) is 5.26 Å². The molecule has 5 heteroatoms. The monoisotopic (exact) mass is 535 g/mol. The van der Waals surface area contributed by atoms with Crippen molar-refractivity contribution in [2.45, 2.75) is 0 Å². The van der Waals surface area contributed by atoms with E-state index in [1.165, 1.54) is 22.1 Å². The standard InChI is InChI=1S/C37H22BN3O/c39-23-24-17-19-25(20-18-24)26-21-32-36-33(22-26)41-31-14-6-7-15-34(31)42-35-16-8-12-29(37(35)41)38(36)28-11-4-5-13-30(28)40(32)27-9-2-1-3-10-27/h1-22H. The second kappa shape index (κ2) is 8.64. The molecule has 6 aromatic carbocycles. The van der Waals surface area contributed by atoms with Crippen molar-refractivity contribution >= 4 is 57.2 Å². The van der Waals surface area contributed by atoms with Crippen LogP contribution >= 0.6 is 0 Å². The normalized spacial score (nSPS) is 13.3. The first-order valence-corrected chi connectivity index (χ1v) is 14.1. The number of nitrogens with zero attached hydrogens (tertiary/aromatic N) is 3. The number of fused-ring (bicyclic) bond motifs is 6. The second-order valence-corrected chi connectivity index (χ2v) is 10.9. The first-order chi connectivity index (χ1) is 20.8. The van der Waals surface area contributed by atoms with Crippen LogP contribution in [-0.4, -0.2) is 6.71 Å². The van der Waals surface area contributed by atoms with E-state index in [-0.39, 0.29) is 6.71 Å².